The Hall–Kier alpha value is -2.69. The minimum atomic E-state index is -0.342. The van der Waals surface area contributed by atoms with E-state index in [4.69, 9.17) is 10.3 Å². The molecule has 0 saturated carbocycles. The Balaban J connectivity index is 2.01. The molecule has 3 aromatic rings. The van der Waals surface area contributed by atoms with Crippen molar-refractivity contribution in [3.05, 3.63) is 60.2 Å². The van der Waals surface area contributed by atoms with Gasteiger partial charge >= 0.3 is 0 Å². The van der Waals surface area contributed by atoms with E-state index in [1.807, 2.05) is 18.2 Å². The van der Waals surface area contributed by atoms with Gasteiger partial charge in [-0.25, -0.2) is 0 Å². The highest BCUT2D eigenvalue weighted by Gasteiger charge is 2.29. The fourth-order valence-corrected chi connectivity index (χ4v) is 2.17. The van der Waals surface area contributed by atoms with Gasteiger partial charge in [0.2, 0.25) is 0 Å². The summed E-state index contributed by atoms with van der Waals surface area (Å²) in [7, 11) is 0. The molecule has 2 heterocycles. The second-order valence-corrected chi connectivity index (χ2v) is 5.38. The molecule has 5 heteroatoms. The first-order valence-corrected chi connectivity index (χ1v) is 6.68. The molecule has 0 unspecified atom stereocenters. The van der Waals surface area contributed by atoms with Crippen molar-refractivity contribution in [1.29, 1.82) is 0 Å². The third kappa shape index (κ3) is 2.38. The number of rotatable bonds is 3. The lowest BCUT2D eigenvalue weighted by Gasteiger charge is -2.20. The van der Waals surface area contributed by atoms with E-state index in [2.05, 4.69) is 41.1 Å². The summed E-state index contributed by atoms with van der Waals surface area (Å²) >= 11 is 0. The van der Waals surface area contributed by atoms with Gasteiger partial charge < -0.3 is 10.3 Å². The summed E-state index contributed by atoms with van der Waals surface area (Å²) in [5.74, 6) is 1.04. The number of nitrogens with two attached hydrogens (primary N) is 1. The third-order valence-electron chi connectivity index (χ3n) is 3.56. The molecule has 0 radical (unpaired) electrons. The zero-order chi connectivity index (χ0) is 14.9. The van der Waals surface area contributed by atoms with Gasteiger partial charge in [-0.15, -0.1) is 0 Å². The normalized spacial score (nSPS) is 11.5. The smallest absolute Gasteiger partial charge is 0.260 e. The fraction of sp³-hybridized carbons (Fsp3) is 0.188. The first-order chi connectivity index (χ1) is 10.1. The summed E-state index contributed by atoms with van der Waals surface area (Å²) in [6.07, 6.45) is 3.22. The van der Waals surface area contributed by atoms with Crippen molar-refractivity contribution in [2.24, 2.45) is 0 Å². The highest BCUT2D eigenvalue weighted by molar-refractivity contribution is 5.68. The first-order valence-electron chi connectivity index (χ1n) is 6.68. The van der Waals surface area contributed by atoms with Crippen LogP contribution in [0.1, 0.15) is 25.2 Å². The molecule has 3 rings (SSSR count). The average molecular weight is 280 g/mol. The van der Waals surface area contributed by atoms with E-state index in [0.717, 1.165) is 5.56 Å². The summed E-state index contributed by atoms with van der Waals surface area (Å²) in [6.45, 7) is 4.12. The van der Waals surface area contributed by atoms with E-state index < -0.39 is 0 Å². The second kappa shape index (κ2) is 5.01. The number of hydrogen-bond donors (Lipinski definition) is 1. The van der Waals surface area contributed by atoms with Gasteiger partial charge in [0.1, 0.15) is 0 Å². The van der Waals surface area contributed by atoms with Crippen LogP contribution in [0.2, 0.25) is 0 Å². The van der Waals surface area contributed by atoms with Crippen molar-refractivity contribution in [2.75, 3.05) is 5.73 Å². The average Bonchev–Trinajstić information content (AvgIpc) is 2.99. The van der Waals surface area contributed by atoms with Crippen molar-refractivity contribution in [3.8, 4) is 11.5 Å². The Morgan fingerprint density at radius 1 is 1.10 bits per heavy atom. The monoisotopic (exact) mass is 280 g/mol. The van der Waals surface area contributed by atoms with Crippen LogP contribution >= 0.6 is 0 Å². The molecule has 0 amide bonds. The van der Waals surface area contributed by atoms with Crippen molar-refractivity contribution < 1.29 is 4.52 Å². The van der Waals surface area contributed by atoms with Crippen molar-refractivity contribution in [2.45, 2.75) is 19.3 Å². The van der Waals surface area contributed by atoms with E-state index in [1.54, 1.807) is 18.5 Å². The van der Waals surface area contributed by atoms with Crippen molar-refractivity contribution in [1.82, 2.24) is 15.1 Å². The van der Waals surface area contributed by atoms with Crippen LogP contribution in [0.3, 0.4) is 0 Å². The number of anilines is 1. The molecule has 5 nitrogen and oxygen atoms in total. The molecule has 0 saturated heterocycles. The van der Waals surface area contributed by atoms with Gasteiger partial charge in [0.15, 0.2) is 5.82 Å². The number of aromatic nitrogens is 3. The number of pyridine rings is 1. The van der Waals surface area contributed by atoms with Crippen LogP contribution in [0.15, 0.2) is 53.3 Å². The lowest BCUT2D eigenvalue weighted by molar-refractivity contribution is 0.408. The van der Waals surface area contributed by atoms with Crippen LogP contribution in [0.25, 0.3) is 11.5 Å². The molecule has 2 N–H and O–H groups in total. The molecule has 0 spiro atoms. The summed E-state index contributed by atoms with van der Waals surface area (Å²) in [4.78, 5) is 8.46. The molecule has 0 aliphatic heterocycles. The van der Waals surface area contributed by atoms with Crippen LogP contribution in [0.5, 0.6) is 0 Å². The zero-order valence-electron chi connectivity index (χ0n) is 11.9. The number of hydrogen-bond acceptors (Lipinski definition) is 5. The predicted molar refractivity (Wildman–Crippen MR) is 80.5 cm³/mol. The molecular weight excluding hydrogens is 264 g/mol. The highest BCUT2D eigenvalue weighted by atomic mass is 16.5. The molecular formula is C16H16N4O. The molecule has 0 atom stereocenters. The minimum absolute atomic E-state index is 0.342. The lowest BCUT2D eigenvalue weighted by atomic mass is 9.84. The molecule has 2 aromatic heterocycles. The number of nitrogen functional groups attached to an aromatic ring is 1. The SMILES string of the molecule is CC(C)(c1ccccc1)c1noc(-c2ccncc2N)n1. The van der Waals surface area contributed by atoms with Crippen LogP contribution in [-0.4, -0.2) is 15.1 Å². The Morgan fingerprint density at radius 3 is 2.57 bits per heavy atom. The van der Waals surface area contributed by atoms with Crippen molar-refractivity contribution in [3.63, 3.8) is 0 Å². The molecule has 0 aliphatic carbocycles. The maximum absolute atomic E-state index is 5.89. The van der Waals surface area contributed by atoms with Crippen molar-refractivity contribution >= 4 is 5.69 Å². The van der Waals surface area contributed by atoms with E-state index in [-0.39, 0.29) is 5.41 Å². The quantitative estimate of drug-likeness (QED) is 0.797. The van der Waals surface area contributed by atoms with Crippen LogP contribution < -0.4 is 5.73 Å². The summed E-state index contributed by atoms with van der Waals surface area (Å²) < 4.78 is 5.37. The lowest BCUT2D eigenvalue weighted by Crippen LogP contribution is -2.20. The van der Waals surface area contributed by atoms with E-state index in [0.29, 0.717) is 23.0 Å². The van der Waals surface area contributed by atoms with E-state index >= 15 is 0 Å². The maximum atomic E-state index is 5.89. The maximum Gasteiger partial charge on any atom is 0.260 e. The Kier molecular flexibility index (Phi) is 3.17. The van der Waals surface area contributed by atoms with Gasteiger partial charge in [0.25, 0.3) is 5.89 Å². The van der Waals surface area contributed by atoms with E-state index in [1.165, 1.54) is 0 Å². The molecule has 106 valence electrons. The number of nitrogens with zero attached hydrogens (tertiary/aromatic N) is 3. The fourth-order valence-electron chi connectivity index (χ4n) is 2.17. The molecule has 21 heavy (non-hydrogen) atoms. The largest absolute Gasteiger partial charge is 0.397 e. The summed E-state index contributed by atoms with van der Waals surface area (Å²) in [5.41, 5.74) is 7.89. The Labute approximate surface area is 122 Å². The Morgan fingerprint density at radius 2 is 1.86 bits per heavy atom. The standard InChI is InChI=1S/C16H16N4O/c1-16(2,11-6-4-3-5-7-11)15-19-14(21-20-15)12-8-9-18-10-13(12)17/h3-10H,17H2,1-2H3. The molecule has 0 fully saturated rings. The van der Waals surface area contributed by atoms with Gasteiger partial charge in [-0.05, 0) is 25.5 Å². The summed E-state index contributed by atoms with van der Waals surface area (Å²) in [6, 6.07) is 11.9. The highest BCUT2D eigenvalue weighted by Crippen LogP contribution is 2.31. The second-order valence-electron chi connectivity index (χ2n) is 5.38. The minimum Gasteiger partial charge on any atom is -0.397 e. The van der Waals surface area contributed by atoms with E-state index in [9.17, 15) is 0 Å². The van der Waals surface area contributed by atoms with Gasteiger partial charge in [-0.1, -0.05) is 35.5 Å². The molecule has 0 aliphatic rings. The van der Waals surface area contributed by atoms with Gasteiger partial charge in [0.05, 0.1) is 22.9 Å². The predicted octanol–water partition coefficient (Wildman–Crippen LogP) is 3.04. The van der Waals surface area contributed by atoms with Crippen LogP contribution in [0.4, 0.5) is 5.69 Å². The molecule has 0 bridgehead atoms. The Bertz CT molecular complexity index is 750. The van der Waals surface area contributed by atoms with Gasteiger partial charge in [-0.2, -0.15) is 4.98 Å². The number of benzene rings is 1. The topological polar surface area (TPSA) is 77.8 Å². The summed E-state index contributed by atoms with van der Waals surface area (Å²) in [5, 5.41) is 4.12. The zero-order valence-corrected chi connectivity index (χ0v) is 11.9. The first kappa shape index (κ1) is 13.3. The molecule has 1 aromatic carbocycles. The van der Waals surface area contributed by atoms with Crippen LogP contribution in [0, 0.1) is 0 Å². The van der Waals surface area contributed by atoms with Gasteiger partial charge in [-0.3, -0.25) is 4.98 Å². The third-order valence-corrected chi connectivity index (χ3v) is 3.56. The van der Waals surface area contributed by atoms with Gasteiger partial charge in [0, 0.05) is 6.20 Å². The van der Waals surface area contributed by atoms with Crippen LogP contribution in [-0.2, 0) is 5.41 Å².